The predicted molar refractivity (Wildman–Crippen MR) is 145 cm³/mol. The van der Waals surface area contributed by atoms with E-state index in [1.54, 1.807) is 30.0 Å². The Bertz CT molecular complexity index is 1360. The van der Waals surface area contributed by atoms with E-state index in [4.69, 9.17) is 11.6 Å². The lowest BCUT2D eigenvalue weighted by Gasteiger charge is -2.41. The third-order valence-corrected chi connectivity index (χ3v) is 9.67. The van der Waals surface area contributed by atoms with Crippen molar-refractivity contribution in [3.63, 3.8) is 0 Å². The van der Waals surface area contributed by atoms with Gasteiger partial charge in [0.15, 0.2) is 5.78 Å². The molecule has 7 heteroatoms. The minimum absolute atomic E-state index is 0.146. The highest BCUT2D eigenvalue weighted by Gasteiger charge is 2.66. The highest BCUT2D eigenvalue weighted by molar-refractivity contribution is 7.10. The van der Waals surface area contributed by atoms with Crippen LogP contribution in [0.1, 0.15) is 70.1 Å². The van der Waals surface area contributed by atoms with Gasteiger partial charge >= 0.3 is 5.97 Å². The zero-order valence-corrected chi connectivity index (χ0v) is 22.7. The predicted octanol–water partition coefficient (Wildman–Crippen LogP) is 6.83. The molecule has 2 heterocycles. The molecule has 4 atom stereocenters. The largest absolute Gasteiger partial charge is 0.479 e. The van der Waals surface area contributed by atoms with Crippen LogP contribution in [-0.4, -0.2) is 33.2 Å². The molecule has 37 heavy (non-hydrogen) atoms. The molecular weight excluding hydrogens is 506 g/mol. The first-order chi connectivity index (χ1) is 17.7. The summed E-state index contributed by atoms with van der Waals surface area (Å²) in [5, 5.41) is 13.3. The van der Waals surface area contributed by atoms with Crippen LogP contribution in [0.5, 0.6) is 0 Å². The zero-order chi connectivity index (χ0) is 26.5. The number of aliphatic carboxylic acids is 1. The fraction of sp³-hybridized carbons (Fsp3) is 0.367. The van der Waals surface area contributed by atoms with E-state index in [0.29, 0.717) is 16.1 Å². The van der Waals surface area contributed by atoms with E-state index in [9.17, 15) is 19.5 Å². The molecule has 5 nitrogen and oxygen atoms in total. The molecule has 1 aromatic heterocycles. The number of ketones is 1. The van der Waals surface area contributed by atoms with Crippen molar-refractivity contribution in [1.29, 1.82) is 0 Å². The van der Waals surface area contributed by atoms with Gasteiger partial charge in [-0.3, -0.25) is 9.59 Å². The van der Waals surface area contributed by atoms with E-state index in [-0.39, 0.29) is 17.6 Å². The van der Waals surface area contributed by atoms with E-state index in [1.807, 2.05) is 55.6 Å². The molecule has 2 aromatic carbocycles. The molecule has 0 radical (unpaired) electrons. The number of nitrogens with zero attached hydrogens (tertiary/aromatic N) is 1. The van der Waals surface area contributed by atoms with Gasteiger partial charge in [0, 0.05) is 27.3 Å². The fourth-order valence-corrected chi connectivity index (χ4v) is 7.37. The Morgan fingerprint density at radius 1 is 1.00 bits per heavy atom. The van der Waals surface area contributed by atoms with Crippen molar-refractivity contribution in [3.8, 4) is 0 Å². The van der Waals surface area contributed by atoms with Crippen LogP contribution in [0.25, 0.3) is 0 Å². The zero-order valence-electron chi connectivity index (χ0n) is 21.1. The van der Waals surface area contributed by atoms with E-state index in [2.05, 4.69) is 0 Å². The number of carboxylic acids is 1. The van der Waals surface area contributed by atoms with Crippen LogP contribution in [0.15, 0.2) is 60.0 Å². The van der Waals surface area contributed by atoms with Crippen molar-refractivity contribution in [3.05, 3.63) is 92.1 Å². The summed E-state index contributed by atoms with van der Waals surface area (Å²) in [5.74, 6) is -3.17. The summed E-state index contributed by atoms with van der Waals surface area (Å²) in [6, 6.07) is 15.7. The maximum absolute atomic E-state index is 14.5. The number of rotatable bonds is 6. The van der Waals surface area contributed by atoms with Gasteiger partial charge in [-0.25, -0.2) is 4.79 Å². The second kappa shape index (κ2) is 9.73. The third kappa shape index (κ3) is 4.11. The van der Waals surface area contributed by atoms with Gasteiger partial charge in [-0.15, -0.1) is 11.3 Å². The SMILES string of the molecule is Cc1ccccc1C(=O)C1C(c2ccc(Cl)cc2)N(C(=O)C2CCC2)C(C)(C(=O)O)C1c1sccc1C. The number of amides is 1. The van der Waals surface area contributed by atoms with Crippen LogP contribution >= 0.6 is 22.9 Å². The van der Waals surface area contributed by atoms with Gasteiger partial charge in [0.2, 0.25) is 5.91 Å². The van der Waals surface area contributed by atoms with Gasteiger partial charge in [0.05, 0.1) is 12.0 Å². The number of benzene rings is 2. The number of carboxylic acid groups (broad SMARTS) is 1. The normalized spacial score (nSPS) is 25.6. The summed E-state index contributed by atoms with van der Waals surface area (Å²) >= 11 is 7.67. The van der Waals surface area contributed by atoms with Gasteiger partial charge in [-0.05, 0) is 73.9 Å². The molecule has 2 aliphatic rings. The average Bonchev–Trinajstić information content (AvgIpc) is 3.36. The highest BCUT2D eigenvalue weighted by Crippen LogP contribution is 2.59. The van der Waals surface area contributed by atoms with E-state index in [0.717, 1.165) is 35.3 Å². The van der Waals surface area contributed by atoms with Crippen LogP contribution in [0, 0.1) is 25.7 Å². The lowest BCUT2D eigenvalue weighted by atomic mass is 9.73. The van der Waals surface area contributed by atoms with Gasteiger partial charge in [-0.1, -0.05) is 54.4 Å². The fourth-order valence-electron chi connectivity index (χ4n) is 6.05. The number of hydrogen-bond donors (Lipinski definition) is 1. The number of aryl methyl sites for hydroxylation is 2. The molecule has 1 N–H and O–H groups in total. The molecule has 3 aromatic rings. The second-order valence-electron chi connectivity index (χ2n) is 10.4. The van der Waals surface area contributed by atoms with Crippen LogP contribution in [0.2, 0.25) is 5.02 Å². The minimum atomic E-state index is -1.62. The molecule has 0 bridgehead atoms. The van der Waals surface area contributed by atoms with Crippen LogP contribution in [-0.2, 0) is 9.59 Å². The number of Topliss-reactive ketones (excluding diaryl/α,β-unsaturated/α-hetero) is 1. The number of carbonyl (C=O) groups is 3. The lowest BCUT2D eigenvalue weighted by Crippen LogP contribution is -2.56. The maximum atomic E-state index is 14.5. The molecule has 192 valence electrons. The molecule has 2 fully saturated rings. The van der Waals surface area contributed by atoms with Gasteiger partial charge in [-0.2, -0.15) is 0 Å². The first-order valence-electron chi connectivity index (χ1n) is 12.6. The summed E-state index contributed by atoms with van der Waals surface area (Å²) in [6.45, 7) is 5.46. The molecule has 0 spiro atoms. The van der Waals surface area contributed by atoms with Crippen molar-refractivity contribution in [2.24, 2.45) is 11.8 Å². The minimum Gasteiger partial charge on any atom is -0.479 e. The molecule has 1 saturated carbocycles. The first kappa shape index (κ1) is 25.7. The molecule has 1 aliphatic heterocycles. The Labute approximate surface area is 226 Å². The quantitative estimate of drug-likeness (QED) is 0.351. The van der Waals surface area contributed by atoms with Crippen molar-refractivity contribution < 1.29 is 19.5 Å². The van der Waals surface area contributed by atoms with Crippen LogP contribution in [0.4, 0.5) is 0 Å². The van der Waals surface area contributed by atoms with Gasteiger partial charge in [0.1, 0.15) is 5.54 Å². The van der Waals surface area contributed by atoms with Gasteiger partial charge < -0.3 is 10.0 Å². The number of likely N-dealkylation sites (tertiary alicyclic amines) is 1. The van der Waals surface area contributed by atoms with Crippen LogP contribution < -0.4 is 0 Å². The lowest BCUT2D eigenvalue weighted by molar-refractivity contribution is -0.161. The van der Waals surface area contributed by atoms with E-state index < -0.39 is 29.4 Å². The summed E-state index contributed by atoms with van der Waals surface area (Å²) < 4.78 is 0. The smallest absolute Gasteiger partial charge is 0.330 e. The summed E-state index contributed by atoms with van der Waals surface area (Å²) in [7, 11) is 0. The standard InChI is InChI=1S/C30H30ClNO4S/c1-17-7-4-5-10-22(17)26(33)23-24(27-18(2)15-16-37-27)30(3,29(35)36)32(28(34)20-8-6-9-20)25(23)19-11-13-21(31)14-12-19/h4-5,7,10-16,20,23-25H,6,8-9H2,1-3H3,(H,35,36). The Hall–Kier alpha value is -2.96. The topological polar surface area (TPSA) is 74.7 Å². The second-order valence-corrected chi connectivity index (χ2v) is 11.8. The summed E-state index contributed by atoms with van der Waals surface area (Å²) in [4.78, 5) is 44.3. The molecular formula is C30H30ClNO4S. The number of thiophene rings is 1. The summed E-state index contributed by atoms with van der Waals surface area (Å²) in [6.07, 6.45) is 2.41. The third-order valence-electron chi connectivity index (χ3n) is 8.32. The van der Waals surface area contributed by atoms with E-state index in [1.165, 1.54) is 11.3 Å². The Balaban J connectivity index is 1.81. The average molecular weight is 536 g/mol. The Morgan fingerprint density at radius 2 is 1.68 bits per heavy atom. The number of hydrogen-bond acceptors (Lipinski definition) is 4. The van der Waals surface area contributed by atoms with Crippen molar-refractivity contribution >= 4 is 40.6 Å². The Morgan fingerprint density at radius 3 is 2.22 bits per heavy atom. The number of halogens is 1. The highest BCUT2D eigenvalue weighted by atomic mass is 35.5. The van der Waals surface area contributed by atoms with Crippen molar-refractivity contribution in [1.82, 2.24) is 4.90 Å². The molecule has 1 aliphatic carbocycles. The Kier molecular flexibility index (Phi) is 6.75. The monoisotopic (exact) mass is 535 g/mol. The van der Waals surface area contributed by atoms with Crippen LogP contribution in [0.3, 0.4) is 0 Å². The van der Waals surface area contributed by atoms with Crippen molar-refractivity contribution in [2.45, 2.75) is 57.5 Å². The summed E-state index contributed by atoms with van der Waals surface area (Å²) in [5.41, 5.74) is 1.41. The van der Waals surface area contributed by atoms with E-state index >= 15 is 0 Å². The van der Waals surface area contributed by atoms with Gasteiger partial charge in [0.25, 0.3) is 0 Å². The van der Waals surface area contributed by atoms with Crippen molar-refractivity contribution in [2.75, 3.05) is 0 Å². The molecule has 5 rings (SSSR count). The maximum Gasteiger partial charge on any atom is 0.330 e. The molecule has 1 amide bonds. The molecule has 4 unspecified atom stereocenters. The molecule has 1 saturated heterocycles. The first-order valence-corrected chi connectivity index (χ1v) is 13.9. The number of carbonyl (C=O) groups excluding carboxylic acids is 2.